The van der Waals surface area contributed by atoms with Crippen LogP contribution < -0.4 is 4.72 Å². The number of hydrogen-bond donors (Lipinski definition) is 1. The third-order valence-electron chi connectivity index (χ3n) is 2.34. The van der Waals surface area contributed by atoms with Crippen molar-refractivity contribution < 1.29 is 8.42 Å². The Morgan fingerprint density at radius 3 is 2.33 bits per heavy atom. The van der Waals surface area contributed by atoms with E-state index in [-0.39, 0.29) is 4.90 Å². The zero-order valence-electron chi connectivity index (χ0n) is 9.79. The fraction of sp³-hybridized carbons (Fsp3) is 0.455. The van der Waals surface area contributed by atoms with Gasteiger partial charge in [0.2, 0.25) is 10.0 Å². The Bertz CT molecular complexity index is 488. The van der Waals surface area contributed by atoms with E-state index in [4.69, 9.17) is 23.2 Å². The largest absolute Gasteiger partial charge is 0.240 e. The SMILES string of the molecule is CCC(Br)CCNS(=O)(=O)c1cc(Cl)cc(Cl)c1. The van der Waals surface area contributed by atoms with Crippen LogP contribution >= 0.6 is 39.1 Å². The summed E-state index contributed by atoms with van der Waals surface area (Å²) in [6.45, 7) is 2.40. The monoisotopic (exact) mass is 373 g/mol. The number of hydrogen-bond acceptors (Lipinski definition) is 2. The van der Waals surface area contributed by atoms with Crippen molar-refractivity contribution in [1.29, 1.82) is 0 Å². The molecule has 0 saturated carbocycles. The van der Waals surface area contributed by atoms with Gasteiger partial charge in [-0.1, -0.05) is 46.1 Å². The molecule has 0 saturated heterocycles. The van der Waals surface area contributed by atoms with Gasteiger partial charge >= 0.3 is 0 Å². The average molecular weight is 375 g/mol. The second-order valence-corrected chi connectivity index (χ2v) is 7.73. The van der Waals surface area contributed by atoms with E-state index in [9.17, 15) is 8.42 Å². The molecule has 1 unspecified atom stereocenters. The van der Waals surface area contributed by atoms with Crippen molar-refractivity contribution >= 4 is 49.2 Å². The zero-order chi connectivity index (χ0) is 13.8. The highest BCUT2D eigenvalue weighted by atomic mass is 79.9. The van der Waals surface area contributed by atoms with E-state index in [0.717, 1.165) is 12.8 Å². The zero-order valence-corrected chi connectivity index (χ0v) is 13.7. The molecular formula is C11H14BrCl2NO2S. The molecule has 3 nitrogen and oxygen atoms in total. The van der Waals surface area contributed by atoms with Crippen LogP contribution in [0.25, 0.3) is 0 Å². The molecule has 0 fully saturated rings. The Kier molecular flexibility index (Phi) is 6.41. The van der Waals surface area contributed by atoms with Crippen LogP contribution in [0.15, 0.2) is 23.1 Å². The summed E-state index contributed by atoms with van der Waals surface area (Å²) in [5.41, 5.74) is 0. The minimum atomic E-state index is -3.55. The Balaban J connectivity index is 2.74. The summed E-state index contributed by atoms with van der Waals surface area (Å²) >= 11 is 15.0. The van der Waals surface area contributed by atoms with Crippen molar-refractivity contribution in [3.05, 3.63) is 28.2 Å². The molecule has 0 bridgehead atoms. The fourth-order valence-corrected chi connectivity index (χ4v) is 3.32. The third-order valence-corrected chi connectivity index (χ3v) is 5.32. The van der Waals surface area contributed by atoms with Crippen molar-refractivity contribution in [2.45, 2.75) is 29.5 Å². The van der Waals surface area contributed by atoms with Crippen LogP contribution in [-0.2, 0) is 10.0 Å². The summed E-state index contributed by atoms with van der Waals surface area (Å²) in [6, 6.07) is 4.25. The minimum absolute atomic E-state index is 0.0858. The van der Waals surface area contributed by atoms with Gasteiger partial charge in [0.1, 0.15) is 0 Å². The van der Waals surface area contributed by atoms with Crippen LogP contribution in [0, 0.1) is 0 Å². The number of rotatable bonds is 6. The second-order valence-electron chi connectivity index (χ2n) is 3.80. The topological polar surface area (TPSA) is 46.2 Å². The fourth-order valence-electron chi connectivity index (χ4n) is 1.32. The molecule has 1 aromatic carbocycles. The lowest BCUT2D eigenvalue weighted by molar-refractivity contribution is 0.577. The van der Waals surface area contributed by atoms with E-state index >= 15 is 0 Å². The minimum Gasteiger partial charge on any atom is -0.211 e. The standard InChI is InChI=1S/C11H14BrCl2NO2S/c1-2-8(12)3-4-15-18(16,17)11-6-9(13)5-10(14)7-11/h5-8,15H,2-4H2,1H3. The first-order chi connectivity index (χ1) is 8.35. The predicted molar refractivity (Wildman–Crippen MR) is 79.3 cm³/mol. The van der Waals surface area contributed by atoms with Crippen molar-refractivity contribution in [2.24, 2.45) is 0 Å². The molecule has 0 aliphatic rings. The maximum absolute atomic E-state index is 12.0. The molecule has 0 heterocycles. The highest BCUT2D eigenvalue weighted by Crippen LogP contribution is 2.22. The van der Waals surface area contributed by atoms with Gasteiger partial charge in [-0.3, -0.25) is 0 Å². The summed E-state index contributed by atoms with van der Waals surface area (Å²) < 4.78 is 26.4. The Hall–Kier alpha value is 0.190. The number of nitrogens with one attached hydrogen (secondary N) is 1. The van der Waals surface area contributed by atoms with E-state index in [1.165, 1.54) is 18.2 Å². The van der Waals surface area contributed by atoms with Crippen LogP contribution in [0.2, 0.25) is 10.0 Å². The molecule has 0 aromatic heterocycles. The van der Waals surface area contributed by atoms with E-state index in [0.29, 0.717) is 21.4 Å². The van der Waals surface area contributed by atoms with E-state index in [2.05, 4.69) is 20.7 Å². The molecule has 18 heavy (non-hydrogen) atoms. The van der Waals surface area contributed by atoms with E-state index in [1.54, 1.807) is 0 Å². The second kappa shape index (κ2) is 7.10. The van der Waals surface area contributed by atoms with Crippen molar-refractivity contribution in [2.75, 3.05) is 6.54 Å². The number of benzene rings is 1. The Morgan fingerprint density at radius 2 is 1.83 bits per heavy atom. The van der Waals surface area contributed by atoms with Crippen LogP contribution in [0.5, 0.6) is 0 Å². The van der Waals surface area contributed by atoms with Crippen molar-refractivity contribution in [3.63, 3.8) is 0 Å². The molecule has 0 radical (unpaired) electrons. The summed E-state index contributed by atoms with van der Waals surface area (Å²) in [6.07, 6.45) is 1.68. The van der Waals surface area contributed by atoms with Crippen LogP contribution in [-0.4, -0.2) is 19.8 Å². The molecule has 1 aromatic rings. The molecule has 0 aliphatic carbocycles. The highest BCUT2D eigenvalue weighted by Gasteiger charge is 2.15. The van der Waals surface area contributed by atoms with Gasteiger partial charge in [-0.25, -0.2) is 13.1 Å². The average Bonchev–Trinajstić information content (AvgIpc) is 2.27. The summed E-state index contributed by atoms with van der Waals surface area (Å²) in [7, 11) is -3.55. The van der Waals surface area contributed by atoms with E-state index < -0.39 is 10.0 Å². The lowest BCUT2D eigenvalue weighted by Gasteiger charge is -2.09. The molecule has 7 heteroatoms. The summed E-state index contributed by atoms with van der Waals surface area (Å²) in [4.78, 5) is 0.394. The number of sulfonamides is 1. The lowest BCUT2D eigenvalue weighted by atomic mass is 10.2. The molecule has 102 valence electrons. The first kappa shape index (κ1) is 16.2. The Labute approximate surface area is 126 Å². The van der Waals surface area contributed by atoms with Gasteiger partial charge in [-0.15, -0.1) is 0 Å². The quantitative estimate of drug-likeness (QED) is 0.769. The molecule has 1 N–H and O–H groups in total. The Morgan fingerprint density at radius 1 is 1.28 bits per heavy atom. The molecular weight excluding hydrogens is 361 g/mol. The van der Waals surface area contributed by atoms with Gasteiger partial charge in [0.25, 0.3) is 0 Å². The van der Waals surface area contributed by atoms with Gasteiger partial charge in [-0.2, -0.15) is 0 Å². The van der Waals surface area contributed by atoms with Gasteiger partial charge < -0.3 is 0 Å². The number of halogens is 3. The maximum Gasteiger partial charge on any atom is 0.240 e. The van der Waals surface area contributed by atoms with Gasteiger partial charge in [0, 0.05) is 21.4 Å². The van der Waals surface area contributed by atoms with Crippen LogP contribution in [0.4, 0.5) is 0 Å². The molecule has 0 aliphatic heterocycles. The van der Waals surface area contributed by atoms with Crippen LogP contribution in [0.1, 0.15) is 19.8 Å². The number of alkyl halides is 1. The van der Waals surface area contributed by atoms with Crippen LogP contribution in [0.3, 0.4) is 0 Å². The molecule has 0 spiro atoms. The van der Waals surface area contributed by atoms with Crippen molar-refractivity contribution in [1.82, 2.24) is 4.72 Å². The molecule has 1 rings (SSSR count). The smallest absolute Gasteiger partial charge is 0.211 e. The molecule has 0 amide bonds. The maximum atomic E-state index is 12.0. The van der Waals surface area contributed by atoms with Gasteiger partial charge in [-0.05, 0) is 31.0 Å². The summed E-state index contributed by atoms with van der Waals surface area (Å²) in [5, 5.41) is 0.601. The summed E-state index contributed by atoms with van der Waals surface area (Å²) in [5.74, 6) is 0. The van der Waals surface area contributed by atoms with E-state index in [1.807, 2.05) is 6.92 Å². The third kappa shape index (κ3) is 5.05. The first-order valence-electron chi connectivity index (χ1n) is 5.45. The first-order valence-corrected chi connectivity index (χ1v) is 8.60. The normalized spacial score (nSPS) is 13.6. The lowest BCUT2D eigenvalue weighted by Crippen LogP contribution is -2.26. The predicted octanol–water partition coefficient (Wildman–Crippen LogP) is 3.84. The molecule has 1 atom stereocenters. The van der Waals surface area contributed by atoms with Crippen molar-refractivity contribution in [3.8, 4) is 0 Å². The van der Waals surface area contributed by atoms with Gasteiger partial charge in [0.05, 0.1) is 4.90 Å². The van der Waals surface area contributed by atoms with Gasteiger partial charge in [0.15, 0.2) is 0 Å². The highest BCUT2D eigenvalue weighted by molar-refractivity contribution is 9.09.